The van der Waals surface area contributed by atoms with Crippen LogP contribution in [-0.2, 0) is 13.0 Å². The highest BCUT2D eigenvalue weighted by molar-refractivity contribution is 6.42. The third kappa shape index (κ3) is 5.10. The Bertz CT molecular complexity index is 1310. The van der Waals surface area contributed by atoms with Gasteiger partial charge in [0, 0.05) is 30.6 Å². The van der Waals surface area contributed by atoms with Crippen molar-refractivity contribution in [2.24, 2.45) is 5.92 Å². The maximum Gasteiger partial charge on any atom is 0.251 e. The Hall–Kier alpha value is -2.90. The molecule has 0 unspecified atom stereocenters. The summed E-state index contributed by atoms with van der Waals surface area (Å²) in [5.41, 5.74) is 3.15. The molecular weight excluding hydrogens is 473 g/mol. The summed E-state index contributed by atoms with van der Waals surface area (Å²) in [7, 11) is 0. The van der Waals surface area contributed by atoms with E-state index in [2.05, 4.69) is 20.4 Å². The molecule has 0 saturated heterocycles. The average Bonchev–Trinajstić information content (AvgIpc) is 3.60. The van der Waals surface area contributed by atoms with Crippen molar-refractivity contribution in [1.29, 1.82) is 0 Å². The molecule has 0 radical (unpaired) electrons. The number of aryl methyl sites for hydroxylation is 1. The number of halogens is 2. The Morgan fingerprint density at radius 3 is 2.79 bits per heavy atom. The molecule has 0 aliphatic heterocycles. The second-order valence-corrected chi connectivity index (χ2v) is 9.54. The molecule has 7 nitrogen and oxygen atoms in total. The van der Waals surface area contributed by atoms with Gasteiger partial charge in [0.05, 0.1) is 27.4 Å². The van der Waals surface area contributed by atoms with E-state index in [-0.39, 0.29) is 5.91 Å². The van der Waals surface area contributed by atoms with Crippen molar-refractivity contribution in [3.05, 3.63) is 64.2 Å². The normalized spacial score (nSPS) is 14.2. The quantitative estimate of drug-likeness (QED) is 0.325. The van der Waals surface area contributed by atoms with Crippen LogP contribution in [0.1, 0.15) is 48.4 Å². The first-order valence-corrected chi connectivity index (χ1v) is 12.3. The molecule has 5 rings (SSSR count). The molecule has 0 atom stereocenters. The number of hydrogen-bond acceptors (Lipinski definition) is 5. The topological polar surface area (TPSA) is 85.8 Å². The standard InChI is InChI=1S/C25H25Cl2N5O2/c26-19-8-6-18(13-20(19)27)25(33)28-11-12-32-15-29-21-14-17(7-9-22(21)32)24-30-23(34-31-24)10-5-16-3-1-2-4-16/h6-9,13-16H,1-5,10-12H2,(H,28,33). The first-order chi connectivity index (χ1) is 16.6. The zero-order chi connectivity index (χ0) is 23.5. The number of hydrogen-bond donors (Lipinski definition) is 1. The van der Waals surface area contributed by atoms with Gasteiger partial charge < -0.3 is 14.4 Å². The van der Waals surface area contributed by atoms with Gasteiger partial charge in [-0.2, -0.15) is 4.98 Å². The SMILES string of the molecule is O=C(NCCn1cnc2cc(-c3noc(CCC4CCCC4)n3)ccc21)c1ccc(Cl)c(Cl)c1. The molecule has 2 heterocycles. The molecule has 1 aliphatic carbocycles. The van der Waals surface area contributed by atoms with E-state index in [1.807, 2.05) is 22.8 Å². The zero-order valence-electron chi connectivity index (χ0n) is 18.6. The monoisotopic (exact) mass is 497 g/mol. The Labute approximate surface area is 207 Å². The van der Waals surface area contributed by atoms with Crippen molar-refractivity contribution in [3.8, 4) is 11.4 Å². The maximum atomic E-state index is 12.4. The largest absolute Gasteiger partial charge is 0.350 e. The smallest absolute Gasteiger partial charge is 0.251 e. The van der Waals surface area contributed by atoms with E-state index in [4.69, 9.17) is 27.7 Å². The summed E-state index contributed by atoms with van der Waals surface area (Å²) in [6.07, 6.45) is 9.04. The van der Waals surface area contributed by atoms with Crippen LogP contribution in [0.3, 0.4) is 0 Å². The minimum Gasteiger partial charge on any atom is -0.350 e. The molecule has 1 amide bonds. The van der Waals surface area contributed by atoms with Crippen LogP contribution in [0.5, 0.6) is 0 Å². The molecule has 1 fully saturated rings. The van der Waals surface area contributed by atoms with Crippen LogP contribution >= 0.6 is 23.2 Å². The lowest BCUT2D eigenvalue weighted by Gasteiger charge is -2.08. The fourth-order valence-electron chi connectivity index (χ4n) is 4.51. The fourth-order valence-corrected chi connectivity index (χ4v) is 4.81. The van der Waals surface area contributed by atoms with Gasteiger partial charge in [-0.15, -0.1) is 0 Å². The molecule has 0 bridgehead atoms. The predicted octanol–water partition coefficient (Wildman–Crippen LogP) is 5.95. The molecule has 2 aromatic heterocycles. The van der Waals surface area contributed by atoms with Crippen LogP contribution in [0.4, 0.5) is 0 Å². The van der Waals surface area contributed by atoms with Crippen molar-refractivity contribution < 1.29 is 9.32 Å². The summed E-state index contributed by atoms with van der Waals surface area (Å²) in [4.78, 5) is 21.5. The van der Waals surface area contributed by atoms with Crippen LogP contribution in [0.15, 0.2) is 47.2 Å². The highest BCUT2D eigenvalue weighted by Gasteiger charge is 2.17. The number of aromatic nitrogens is 4. The summed E-state index contributed by atoms with van der Waals surface area (Å²) < 4.78 is 7.48. The number of nitrogens with zero attached hydrogens (tertiary/aromatic N) is 4. The molecule has 9 heteroatoms. The second kappa shape index (κ2) is 10.2. The highest BCUT2D eigenvalue weighted by atomic mass is 35.5. The minimum absolute atomic E-state index is 0.203. The lowest BCUT2D eigenvalue weighted by molar-refractivity contribution is 0.0952. The Balaban J connectivity index is 1.20. The number of carbonyl (C=O) groups excluding carboxylic acids is 1. The van der Waals surface area contributed by atoms with E-state index in [0.717, 1.165) is 35.4 Å². The first kappa shape index (κ1) is 22.9. The van der Waals surface area contributed by atoms with Crippen LogP contribution in [0.25, 0.3) is 22.4 Å². The van der Waals surface area contributed by atoms with E-state index in [1.165, 1.54) is 25.7 Å². The molecule has 1 saturated carbocycles. The van der Waals surface area contributed by atoms with Crippen LogP contribution in [0, 0.1) is 5.92 Å². The number of imidazole rings is 1. The van der Waals surface area contributed by atoms with Gasteiger partial charge in [0.15, 0.2) is 0 Å². The summed E-state index contributed by atoms with van der Waals surface area (Å²) in [5, 5.41) is 7.84. The predicted molar refractivity (Wildman–Crippen MR) is 132 cm³/mol. The molecule has 4 aromatic rings. The number of rotatable bonds is 8. The maximum absolute atomic E-state index is 12.4. The van der Waals surface area contributed by atoms with Gasteiger partial charge in [-0.1, -0.05) is 54.0 Å². The van der Waals surface area contributed by atoms with E-state index >= 15 is 0 Å². The molecule has 0 spiro atoms. The van der Waals surface area contributed by atoms with Gasteiger partial charge in [0.1, 0.15) is 0 Å². The van der Waals surface area contributed by atoms with Gasteiger partial charge >= 0.3 is 0 Å². The Kier molecular flexibility index (Phi) is 6.83. The summed E-state index contributed by atoms with van der Waals surface area (Å²) >= 11 is 11.9. The number of fused-ring (bicyclic) bond motifs is 1. The fraction of sp³-hybridized carbons (Fsp3) is 0.360. The molecule has 2 aromatic carbocycles. The summed E-state index contributed by atoms with van der Waals surface area (Å²) in [6.45, 7) is 1.03. The van der Waals surface area contributed by atoms with Crippen molar-refractivity contribution in [2.45, 2.75) is 45.1 Å². The third-order valence-electron chi connectivity index (χ3n) is 6.41. The van der Waals surface area contributed by atoms with Gasteiger partial charge in [-0.3, -0.25) is 4.79 Å². The number of carbonyl (C=O) groups is 1. The first-order valence-electron chi connectivity index (χ1n) is 11.6. The Morgan fingerprint density at radius 2 is 1.97 bits per heavy atom. The minimum atomic E-state index is -0.203. The van der Waals surface area contributed by atoms with Gasteiger partial charge in [0.2, 0.25) is 11.7 Å². The van der Waals surface area contributed by atoms with Crippen molar-refractivity contribution >= 4 is 40.1 Å². The number of amides is 1. The van der Waals surface area contributed by atoms with Crippen molar-refractivity contribution in [3.63, 3.8) is 0 Å². The number of nitrogens with one attached hydrogen (secondary N) is 1. The Morgan fingerprint density at radius 1 is 1.12 bits per heavy atom. The van der Waals surface area contributed by atoms with E-state index < -0.39 is 0 Å². The van der Waals surface area contributed by atoms with Crippen molar-refractivity contribution in [2.75, 3.05) is 6.54 Å². The summed E-state index contributed by atoms with van der Waals surface area (Å²) in [6, 6.07) is 10.8. The molecular formula is C25H25Cl2N5O2. The lowest BCUT2D eigenvalue weighted by atomic mass is 10.0. The second-order valence-electron chi connectivity index (χ2n) is 8.73. The number of benzene rings is 2. The molecule has 1 N–H and O–H groups in total. The molecule has 34 heavy (non-hydrogen) atoms. The highest BCUT2D eigenvalue weighted by Crippen LogP contribution is 2.29. The van der Waals surface area contributed by atoms with Gasteiger partial charge in [0.25, 0.3) is 5.91 Å². The lowest BCUT2D eigenvalue weighted by Crippen LogP contribution is -2.27. The van der Waals surface area contributed by atoms with Crippen LogP contribution in [-0.4, -0.2) is 32.1 Å². The third-order valence-corrected chi connectivity index (χ3v) is 7.15. The van der Waals surface area contributed by atoms with Crippen LogP contribution in [0.2, 0.25) is 10.0 Å². The molecule has 1 aliphatic rings. The van der Waals surface area contributed by atoms with Gasteiger partial charge in [-0.25, -0.2) is 4.98 Å². The van der Waals surface area contributed by atoms with E-state index in [0.29, 0.717) is 40.4 Å². The zero-order valence-corrected chi connectivity index (χ0v) is 20.1. The van der Waals surface area contributed by atoms with E-state index in [9.17, 15) is 4.79 Å². The van der Waals surface area contributed by atoms with Crippen LogP contribution < -0.4 is 5.32 Å². The average molecular weight is 498 g/mol. The van der Waals surface area contributed by atoms with E-state index in [1.54, 1.807) is 24.5 Å². The van der Waals surface area contributed by atoms with Gasteiger partial charge in [-0.05, 0) is 48.7 Å². The molecule has 176 valence electrons. The van der Waals surface area contributed by atoms with Crippen molar-refractivity contribution in [1.82, 2.24) is 25.0 Å². The summed E-state index contributed by atoms with van der Waals surface area (Å²) in [5.74, 6) is 1.88.